The summed E-state index contributed by atoms with van der Waals surface area (Å²) < 4.78 is 0. The first-order chi connectivity index (χ1) is 8.65. The van der Waals surface area contributed by atoms with Crippen LogP contribution in [0.25, 0.3) is 0 Å². The molecule has 5 heteroatoms. The van der Waals surface area contributed by atoms with Crippen molar-refractivity contribution in [3.05, 3.63) is 47.4 Å². The monoisotopic (exact) mass is 261 g/mol. The van der Waals surface area contributed by atoms with E-state index in [0.29, 0.717) is 5.56 Å². The Morgan fingerprint density at radius 3 is 2.61 bits per heavy atom. The molecule has 0 radical (unpaired) electrons. The van der Waals surface area contributed by atoms with Crippen LogP contribution in [-0.2, 0) is 4.79 Å². The first-order valence-electron chi connectivity index (χ1n) is 5.18. The van der Waals surface area contributed by atoms with E-state index in [2.05, 4.69) is 0 Å². The smallest absolute Gasteiger partial charge is 0.321 e. The third-order valence-electron chi connectivity index (χ3n) is 2.11. The van der Waals surface area contributed by atoms with Crippen molar-refractivity contribution in [2.45, 2.75) is 6.42 Å². The van der Waals surface area contributed by atoms with Crippen molar-refractivity contribution in [1.82, 2.24) is 0 Å². The molecule has 1 aromatic carbocycles. The number of thioether (sulfide) groups is 1. The van der Waals surface area contributed by atoms with Gasteiger partial charge in [0, 0.05) is 5.56 Å². The molecule has 1 N–H and O–H groups in total. The summed E-state index contributed by atoms with van der Waals surface area (Å²) in [5.74, 6) is -2.21. The topological polar surface area (TPSA) is 78.2 Å². The normalized spacial score (nSPS) is 11.9. The van der Waals surface area contributed by atoms with Gasteiger partial charge < -0.3 is 5.11 Å². The molecule has 0 saturated carbocycles. The van der Waals surface area contributed by atoms with E-state index in [9.17, 15) is 9.59 Å². The Kier molecular flexibility index (Phi) is 5.68. The Morgan fingerprint density at radius 2 is 2.06 bits per heavy atom. The fraction of sp³-hybridized carbons (Fsp3) is 0.154. The molecule has 0 aliphatic rings. The molecule has 0 fully saturated rings. The minimum absolute atomic E-state index is 0.0981. The third kappa shape index (κ3) is 4.44. The lowest BCUT2D eigenvalue weighted by Crippen LogP contribution is -2.09. The summed E-state index contributed by atoms with van der Waals surface area (Å²) in [5.41, 5.74) is 0.585. The molecule has 0 aliphatic carbocycles. The van der Waals surface area contributed by atoms with Crippen molar-refractivity contribution in [2.75, 3.05) is 0 Å². The van der Waals surface area contributed by atoms with E-state index < -0.39 is 11.9 Å². The fourth-order valence-electron chi connectivity index (χ4n) is 1.15. The number of nitrogens with zero attached hydrogens (tertiary/aromatic N) is 1. The van der Waals surface area contributed by atoms with Crippen LogP contribution < -0.4 is 0 Å². The minimum atomic E-state index is -1.15. The molecule has 4 nitrogen and oxygen atoms in total. The van der Waals surface area contributed by atoms with Gasteiger partial charge in [-0.05, 0) is 11.8 Å². The van der Waals surface area contributed by atoms with Crippen LogP contribution in [0.15, 0.2) is 41.8 Å². The van der Waals surface area contributed by atoms with Gasteiger partial charge in [0.05, 0.1) is 6.07 Å². The number of carbonyl (C=O) groups excluding carboxylic acids is 1. The first-order valence-corrected chi connectivity index (χ1v) is 6.06. The Balaban J connectivity index is 2.44. The predicted octanol–water partition coefficient (Wildman–Crippen LogP) is 2.69. The average molecular weight is 261 g/mol. The number of hydrogen-bond donors (Lipinski definition) is 1. The van der Waals surface area contributed by atoms with Crippen molar-refractivity contribution in [3.8, 4) is 6.07 Å². The van der Waals surface area contributed by atoms with E-state index in [-0.39, 0.29) is 11.5 Å². The molecule has 1 rings (SSSR count). The van der Waals surface area contributed by atoms with E-state index in [1.165, 1.54) is 11.5 Å². The molecular weight excluding hydrogens is 250 g/mol. The molecule has 0 saturated heterocycles. The van der Waals surface area contributed by atoms with Crippen LogP contribution in [0.2, 0.25) is 0 Å². The van der Waals surface area contributed by atoms with E-state index >= 15 is 0 Å². The third-order valence-corrected chi connectivity index (χ3v) is 2.88. The Bertz CT molecular complexity index is 491. The summed E-state index contributed by atoms with van der Waals surface area (Å²) in [6.45, 7) is 0. The van der Waals surface area contributed by atoms with E-state index in [1.54, 1.807) is 30.3 Å². The van der Waals surface area contributed by atoms with Crippen molar-refractivity contribution in [2.24, 2.45) is 5.92 Å². The van der Waals surface area contributed by atoms with Gasteiger partial charge in [-0.25, -0.2) is 0 Å². The number of carbonyl (C=O) groups is 2. The number of benzene rings is 1. The zero-order chi connectivity index (χ0) is 13.4. The Labute approximate surface area is 109 Å². The van der Waals surface area contributed by atoms with Crippen LogP contribution in [-0.4, -0.2) is 16.2 Å². The van der Waals surface area contributed by atoms with Gasteiger partial charge >= 0.3 is 5.97 Å². The number of rotatable bonds is 5. The van der Waals surface area contributed by atoms with Crippen molar-refractivity contribution < 1.29 is 14.7 Å². The highest BCUT2D eigenvalue weighted by Crippen LogP contribution is 2.14. The highest BCUT2D eigenvalue weighted by molar-refractivity contribution is 8.16. The molecule has 1 aromatic rings. The van der Waals surface area contributed by atoms with Crippen molar-refractivity contribution in [3.63, 3.8) is 0 Å². The van der Waals surface area contributed by atoms with E-state index in [4.69, 9.17) is 10.4 Å². The number of carboxylic acids is 1. The summed E-state index contributed by atoms with van der Waals surface area (Å²) in [7, 11) is 0. The predicted molar refractivity (Wildman–Crippen MR) is 68.9 cm³/mol. The summed E-state index contributed by atoms with van der Waals surface area (Å²) in [6, 6.07) is 10.5. The van der Waals surface area contributed by atoms with Gasteiger partial charge in [-0.3, -0.25) is 9.59 Å². The maximum atomic E-state index is 11.6. The van der Waals surface area contributed by atoms with Gasteiger partial charge in [0.15, 0.2) is 0 Å². The van der Waals surface area contributed by atoms with Gasteiger partial charge in [0.25, 0.3) is 0 Å². The van der Waals surface area contributed by atoms with Crippen molar-refractivity contribution in [1.29, 1.82) is 5.26 Å². The van der Waals surface area contributed by atoms with Crippen LogP contribution in [0, 0.1) is 17.2 Å². The number of aliphatic carboxylic acids is 1. The molecule has 0 heterocycles. The molecule has 0 spiro atoms. The second-order valence-electron chi connectivity index (χ2n) is 3.40. The zero-order valence-corrected chi connectivity index (χ0v) is 10.3. The zero-order valence-electron chi connectivity index (χ0n) is 9.45. The largest absolute Gasteiger partial charge is 0.480 e. The second kappa shape index (κ2) is 7.30. The fourth-order valence-corrected chi connectivity index (χ4v) is 1.76. The standard InChI is InChI=1S/C13H11NO3S/c14-9-11(12(15)16)7-4-8-18-13(17)10-5-2-1-3-6-10/h1-6,8,11H,7H2,(H,15,16)/b8-4+. The quantitative estimate of drug-likeness (QED) is 0.881. The van der Waals surface area contributed by atoms with Crippen LogP contribution >= 0.6 is 11.8 Å². The molecule has 0 bridgehead atoms. The summed E-state index contributed by atoms with van der Waals surface area (Å²) in [4.78, 5) is 22.2. The molecule has 1 atom stereocenters. The maximum Gasteiger partial charge on any atom is 0.321 e. The molecule has 18 heavy (non-hydrogen) atoms. The highest BCUT2D eigenvalue weighted by Gasteiger charge is 2.13. The summed E-state index contributed by atoms with van der Waals surface area (Å²) in [6.07, 6.45) is 1.62. The lowest BCUT2D eigenvalue weighted by atomic mass is 10.1. The SMILES string of the molecule is N#CC(C/C=C/SC(=O)c1ccccc1)C(=O)O. The molecule has 1 unspecified atom stereocenters. The number of nitriles is 1. The highest BCUT2D eigenvalue weighted by atomic mass is 32.2. The van der Waals surface area contributed by atoms with E-state index in [0.717, 1.165) is 11.8 Å². The average Bonchev–Trinajstić information content (AvgIpc) is 2.39. The van der Waals surface area contributed by atoms with Crippen LogP contribution in [0.5, 0.6) is 0 Å². The maximum absolute atomic E-state index is 11.6. The summed E-state index contributed by atoms with van der Waals surface area (Å²) in [5, 5.41) is 18.6. The van der Waals surface area contributed by atoms with Gasteiger partial charge in [0.1, 0.15) is 5.92 Å². The van der Waals surface area contributed by atoms with Gasteiger partial charge in [-0.15, -0.1) is 0 Å². The lowest BCUT2D eigenvalue weighted by Gasteiger charge is -1.98. The molecule has 0 amide bonds. The summed E-state index contributed by atoms with van der Waals surface area (Å²) >= 11 is 0.972. The van der Waals surface area contributed by atoms with Gasteiger partial charge in [0.2, 0.25) is 5.12 Å². The Hall–Kier alpha value is -2.06. The molecule has 0 aromatic heterocycles. The van der Waals surface area contributed by atoms with Gasteiger partial charge in [-0.1, -0.05) is 48.2 Å². The van der Waals surface area contributed by atoms with Crippen LogP contribution in [0.4, 0.5) is 0 Å². The lowest BCUT2D eigenvalue weighted by molar-refractivity contribution is -0.139. The van der Waals surface area contributed by atoms with Crippen LogP contribution in [0.3, 0.4) is 0 Å². The molecule has 0 aliphatic heterocycles. The first kappa shape index (κ1) is 14.0. The van der Waals surface area contributed by atoms with Crippen molar-refractivity contribution >= 4 is 22.8 Å². The molecule has 92 valence electrons. The number of hydrogen-bond acceptors (Lipinski definition) is 4. The van der Waals surface area contributed by atoms with Crippen LogP contribution in [0.1, 0.15) is 16.8 Å². The number of allylic oxidation sites excluding steroid dienone is 1. The van der Waals surface area contributed by atoms with Gasteiger partial charge in [-0.2, -0.15) is 5.26 Å². The van der Waals surface area contributed by atoms with E-state index in [1.807, 2.05) is 6.07 Å². The number of carboxylic acid groups (broad SMARTS) is 1. The minimum Gasteiger partial charge on any atom is -0.480 e. The Morgan fingerprint density at radius 1 is 1.39 bits per heavy atom. The second-order valence-corrected chi connectivity index (χ2v) is 4.28. The molecular formula is C13H11NO3S.